The second-order valence-electron chi connectivity index (χ2n) is 7.16. The van der Waals surface area contributed by atoms with Crippen LogP contribution in [0.5, 0.6) is 5.75 Å². The van der Waals surface area contributed by atoms with Crippen LogP contribution in [0.1, 0.15) is 11.1 Å². The highest BCUT2D eigenvalue weighted by atomic mass is 16.4. The van der Waals surface area contributed by atoms with Crippen LogP contribution in [0.4, 0.5) is 0 Å². The lowest BCUT2D eigenvalue weighted by molar-refractivity contribution is -0.142. The molecule has 0 spiro atoms. The molecule has 0 radical (unpaired) electrons. The van der Waals surface area contributed by atoms with Crippen LogP contribution in [-0.2, 0) is 27.2 Å². The predicted octanol–water partition coefficient (Wildman–Crippen LogP) is 0.672. The van der Waals surface area contributed by atoms with Crippen molar-refractivity contribution in [2.75, 3.05) is 6.54 Å². The Morgan fingerprint density at radius 3 is 2.35 bits per heavy atom. The number of aliphatic carboxylic acids is 1. The van der Waals surface area contributed by atoms with Crippen LogP contribution in [-0.4, -0.2) is 51.6 Å². The molecule has 0 aliphatic heterocycles. The number of carbonyl (C=O) groups is 3. The van der Waals surface area contributed by atoms with Crippen molar-refractivity contribution in [1.29, 1.82) is 0 Å². The van der Waals surface area contributed by atoms with Gasteiger partial charge < -0.3 is 31.6 Å². The molecule has 9 heteroatoms. The highest BCUT2D eigenvalue weighted by molar-refractivity contribution is 5.91. The lowest BCUT2D eigenvalue weighted by Crippen LogP contribution is -2.53. The average Bonchev–Trinajstić information content (AvgIpc) is 3.17. The molecule has 0 aliphatic carbocycles. The third kappa shape index (κ3) is 5.61. The highest BCUT2D eigenvalue weighted by Crippen LogP contribution is 2.19. The number of hydrogen-bond donors (Lipinski definition) is 6. The molecule has 2 amide bonds. The molecule has 2 aromatic carbocycles. The zero-order valence-electron chi connectivity index (χ0n) is 16.7. The molecule has 162 valence electrons. The number of amides is 2. The minimum atomic E-state index is -1.19. The summed E-state index contributed by atoms with van der Waals surface area (Å²) in [5.74, 6) is -2.29. The predicted molar refractivity (Wildman–Crippen MR) is 114 cm³/mol. The van der Waals surface area contributed by atoms with Crippen molar-refractivity contribution in [3.63, 3.8) is 0 Å². The van der Waals surface area contributed by atoms with E-state index in [1.165, 1.54) is 12.1 Å². The van der Waals surface area contributed by atoms with Gasteiger partial charge in [0.15, 0.2) is 0 Å². The molecule has 9 nitrogen and oxygen atoms in total. The Balaban J connectivity index is 1.76. The van der Waals surface area contributed by atoms with Crippen LogP contribution in [0.3, 0.4) is 0 Å². The normalized spacial score (nSPS) is 12.8. The number of carboxylic acids is 1. The summed E-state index contributed by atoms with van der Waals surface area (Å²) >= 11 is 0. The van der Waals surface area contributed by atoms with Crippen LogP contribution in [0, 0.1) is 0 Å². The van der Waals surface area contributed by atoms with E-state index < -0.39 is 29.9 Å². The number of phenolic OH excluding ortho intramolecular Hbond substituents is 1. The number of benzene rings is 2. The number of nitrogens with two attached hydrogens (primary N) is 1. The van der Waals surface area contributed by atoms with E-state index in [1.807, 2.05) is 24.3 Å². The van der Waals surface area contributed by atoms with E-state index in [9.17, 15) is 24.6 Å². The van der Waals surface area contributed by atoms with Crippen LogP contribution in [0.15, 0.2) is 54.7 Å². The Labute approximate surface area is 178 Å². The number of aromatic nitrogens is 1. The quantitative estimate of drug-likeness (QED) is 0.296. The Kier molecular flexibility index (Phi) is 6.88. The molecule has 2 atom stereocenters. The zero-order chi connectivity index (χ0) is 22.4. The number of H-pyrrole nitrogens is 1. The van der Waals surface area contributed by atoms with Crippen molar-refractivity contribution in [2.45, 2.75) is 24.9 Å². The van der Waals surface area contributed by atoms with E-state index in [0.29, 0.717) is 5.56 Å². The summed E-state index contributed by atoms with van der Waals surface area (Å²) in [5.41, 5.74) is 7.65. The molecule has 0 saturated heterocycles. The molecule has 7 N–H and O–H groups in total. The molecule has 0 aliphatic rings. The first kappa shape index (κ1) is 21.8. The third-order valence-corrected chi connectivity index (χ3v) is 4.93. The summed E-state index contributed by atoms with van der Waals surface area (Å²) in [5, 5.41) is 25.0. The zero-order valence-corrected chi connectivity index (χ0v) is 16.7. The van der Waals surface area contributed by atoms with Gasteiger partial charge in [0, 0.05) is 29.9 Å². The molecular weight excluding hydrogens is 400 g/mol. The molecule has 1 heterocycles. The van der Waals surface area contributed by atoms with Gasteiger partial charge in [0.05, 0.1) is 6.54 Å². The number of nitrogens with one attached hydrogen (secondary N) is 3. The molecule has 0 bridgehead atoms. The number of fused-ring (bicyclic) bond motifs is 1. The topological polar surface area (TPSA) is 158 Å². The fourth-order valence-electron chi connectivity index (χ4n) is 3.32. The summed E-state index contributed by atoms with van der Waals surface area (Å²) in [6.45, 7) is -0.308. The van der Waals surface area contributed by atoms with Crippen LogP contribution in [0.25, 0.3) is 10.9 Å². The number of para-hydroxylation sites is 1. The third-order valence-electron chi connectivity index (χ3n) is 4.93. The Morgan fingerprint density at radius 1 is 0.968 bits per heavy atom. The van der Waals surface area contributed by atoms with Crippen molar-refractivity contribution in [3.8, 4) is 5.75 Å². The standard InChI is InChI=1S/C22H24N4O5/c23-11-20(28)25-18(9-13-5-7-15(27)8-6-13)21(29)26-19(22(30)31)10-14-12-24-17-4-2-1-3-16(14)17/h1-8,12,18-19,24,27H,9-11,23H2,(H,25,28)(H,26,29)(H,30,31). The van der Waals surface area contributed by atoms with Gasteiger partial charge in [-0.15, -0.1) is 0 Å². The lowest BCUT2D eigenvalue weighted by Gasteiger charge is -2.21. The number of carboxylic acid groups (broad SMARTS) is 1. The van der Waals surface area contributed by atoms with Gasteiger partial charge in [-0.25, -0.2) is 4.79 Å². The maximum atomic E-state index is 12.9. The molecule has 31 heavy (non-hydrogen) atoms. The van der Waals surface area contributed by atoms with Crippen molar-refractivity contribution < 1.29 is 24.6 Å². The fourth-order valence-corrected chi connectivity index (χ4v) is 3.32. The number of aromatic hydroxyl groups is 1. The van der Waals surface area contributed by atoms with Gasteiger partial charge in [0.25, 0.3) is 0 Å². The molecule has 3 aromatic rings. The Bertz CT molecular complexity index is 1080. The number of phenols is 1. The van der Waals surface area contributed by atoms with E-state index in [4.69, 9.17) is 5.73 Å². The fraction of sp³-hybridized carbons (Fsp3) is 0.227. The van der Waals surface area contributed by atoms with Gasteiger partial charge in [0.1, 0.15) is 17.8 Å². The summed E-state index contributed by atoms with van der Waals surface area (Å²) < 4.78 is 0. The summed E-state index contributed by atoms with van der Waals surface area (Å²) in [6, 6.07) is 11.4. The summed E-state index contributed by atoms with van der Waals surface area (Å²) in [4.78, 5) is 39.6. The molecule has 0 saturated carbocycles. The second kappa shape index (κ2) is 9.77. The maximum absolute atomic E-state index is 12.9. The van der Waals surface area contributed by atoms with Crippen LogP contribution < -0.4 is 16.4 Å². The number of aromatic amines is 1. The van der Waals surface area contributed by atoms with Gasteiger partial charge >= 0.3 is 5.97 Å². The minimum Gasteiger partial charge on any atom is -0.508 e. The van der Waals surface area contributed by atoms with E-state index in [0.717, 1.165) is 16.5 Å². The Morgan fingerprint density at radius 2 is 1.68 bits per heavy atom. The van der Waals surface area contributed by atoms with Crippen molar-refractivity contribution in [2.24, 2.45) is 5.73 Å². The summed E-state index contributed by atoms with van der Waals surface area (Å²) in [7, 11) is 0. The maximum Gasteiger partial charge on any atom is 0.326 e. The van der Waals surface area contributed by atoms with Gasteiger partial charge in [0.2, 0.25) is 11.8 Å². The minimum absolute atomic E-state index is 0.0698. The van der Waals surface area contributed by atoms with Gasteiger partial charge in [-0.05, 0) is 29.3 Å². The monoisotopic (exact) mass is 424 g/mol. The summed E-state index contributed by atoms with van der Waals surface area (Å²) in [6.07, 6.45) is 1.90. The molecular formula is C22H24N4O5. The molecule has 1 aromatic heterocycles. The first-order valence-corrected chi connectivity index (χ1v) is 9.73. The smallest absolute Gasteiger partial charge is 0.326 e. The van der Waals surface area contributed by atoms with Crippen molar-refractivity contribution in [3.05, 3.63) is 65.9 Å². The van der Waals surface area contributed by atoms with Gasteiger partial charge in [-0.1, -0.05) is 30.3 Å². The molecule has 3 rings (SSSR count). The lowest BCUT2D eigenvalue weighted by atomic mass is 10.0. The van der Waals surface area contributed by atoms with Crippen molar-refractivity contribution >= 4 is 28.7 Å². The second-order valence-corrected chi connectivity index (χ2v) is 7.16. The van der Waals surface area contributed by atoms with Crippen molar-refractivity contribution in [1.82, 2.24) is 15.6 Å². The van der Waals surface area contributed by atoms with E-state index >= 15 is 0 Å². The first-order chi connectivity index (χ1) is 14.9. The number of hydrogen-bond acceptors (Lipinski definition) is 5. The molecule has 0 fully saturated rings. The van der Waals surface area contributed by atoms with Gasteiger partial charge in [-0.3, -0.25) is 9.59 Å². The highest BCUT2D eigenvalue weighted by Gasteiger charge is 2.27. The van der Waals surface area contributed by atoms with E-state index in [-0.39, 0.29) is 25.1 Å². The average molecular weight is 424 g/mol. The number of carbonyl (C=O) groups excluding carboxylic acids is 2. The van der Waals surface area contributed by atoms with Crippen LogP contribution in [0.2, 0.25) is 0 Å². The SMILES string of the molecule is NCC(=O)NC(Cc1ccc(O)cc1)C(=O)NC(Cc1c[nH]c2ccccc12)C(=O)O. The van der Waals surface area contributed by atoms with Crippen LogP contribution >= 0.6 is 0 Å². The Hall–Kier alpha value is -3.85. The van der Waals surface area contributed by atoms with E-state index in [1.54, 1.807) is 18.3 Å². The molecule has 2 unspecified atom stereocenters. The first-order valence-electron chi connectivity index (χ1n) is 9.73. The van der Waals surface area contributed by atoms with E-state index in [2.05, 4.69) is 15.6 Å². The van der Waals surface area contributed by atoms with Gasteiger partial charge in [-0.2, -0.15) is 0 Å². The number of rotatable bonds is 9. The largest absolute Gasteiger partial charge is 0.508 e.